The topological polar surface area (TPSA) is 109 Å². The lowest BCUT2D eigenvalue weighted by atomic mass is 10.1. The summed E-state index contributed by atoms with van der Waals surface area (Å²) in [6, 6.07) is 9.53. The highest BCUT2D eigenvalue weighted by molar-refractivity contribution is 6.33. The zero-order chi connectivity index (χ0) is 25.4. The zero-order valence-corrected chi connectivity index (χ0v) is 21.0. The van der Waals surface area contributed by atoms with E-state index < -0.39 is 0 Å². The maximum atomic E-state index is 13.2. The minimum atomic E-state index is -0.00298. The normalized spacial score (nSPS) is 13.8. The zero-order valence-electron chi connectivity index (χ0n) is 20.3. The maximum absolute atomic E-state index is 13.2. The van der Waals surface area contributed by atoms with Gasteiger partial charge in [0.15, 0.2) is 0 Å². The number of carbonyl (C=O) groups excluding carboxylic acids is 1. The molecule has 37 heavy (non-hydrogen) atoms. The van der Waals surface area contributed by atoms with Gasteiger partial charge in [-0.15, -0.1) is 5.10 Å². The molecule has 6 rings (SSSR count). The molecule has 10 nitrogen and oxygen atoms in total. The monoisotopic (exact) mass is 516 g/mol. The van der Waals surface area contributed by atoms with Crippen molar-refractivity contribution < 1.29 is 9.21 Å². The van der Waals surface area contributed by atoms with Crippen LogP contribution in [0, 0.1) is 0 Å². The van der Waals surface area contributed by atoms with Crippen LogP contribution in [0.3, 0.4) is 0 Å². The van der Waals surface area contributed by atoms with Crippen molar-refractivity contribution in [2.24, 2.45) is 7.05 Å². The van der Waals surface area contributed by atoms with Gasteiger partial charge in [0.1, 0.15) is 12.2 Å². The number of pyridine rings is 1. The van der Waals surface area contributed by atoms with Crippen LogP contribution in [-0.2, 0) is 11.8 Å². The van der Waals surface area contributed by atoms with Gasteiger partial charge < -0.3 is 14.3 Å². The van der Waals surface area contributed by atoms with Crippen molar-refractivity contribution in [1.82, 2.24) is 34.8 Å². The third-order valence-corrected chi connectivity index (χ3v) is 6.91. The predicted octanol–water partition coefficient (Wildman–Crippen LogP) is 4.82. The number of aromatic amines is 1. The molecule has 0 aliphatic carbocycles. The van der Waals surface area contributed by atoms with E-state index in [1.807, 2.05) is 42.4 Å². The van der Waals surface area contributed by atoms with E-state index in [9.17, 15) is 4.79 Å². The number of aromatic nitrogens is 6. The van der Waals surface area contributed by atoms with Crippen LogP contribution in [0.25, 0.3) is 33.6 Å². The first-order valence-electron chi connectivity index (χ1n) is 12.2. The van der Waals surface area contributed by atoms with Crippen molar-refractivity contribution in [2.45, 2.75) is 19.3 Å². The number of hydrogen-bond donors (Lipinski definition) is 1. The Morgan fingerprint density at radius 1 is 1.14 bits per heavy atom. The van der Waals surface area contributed by atoms with Gasteiger partial charge in [-0.2, -0.15) is 5.10 Å². The van der Waals surface area contributed by atoms with Crippen LogP contribution in [0.15, 0.2) is 59.5 Å². The molecule has 1 aliphatic rings. The number of nitrogens with zero attached hydrogens (tertiary/aromatic N) is 7. The molecule has 0 atom stereocenters. The number of anilines is 2. The van der Waals surface area contributed by atoms with Gasteiger partial charge in [-0.25, -0.2) is 4.98 Å². The molecule has 5 heterocycles. The van der Waals surface area contributed by atoms with Crippen LogP contribution in [0.2, 0.25) is 5.02 Å². The summed E-state index contributed by atoms with van der Waals surface area (Å²) in [5, 5.41) is 14.2. The van der Waals surface area contributed by atoms with E-state index in [0.717, 1.165) is 48.9 Å². The lowest BCUT2D eigenvalue weighted by Crippen LogP contribution is -2.41. The number of para-hydroxylation sites is 1. The number of hydrogen-bond acceptors (Lipinski definition) is 7. The first kappa shape index (κ1) is 23.2. The molecule has 1 fully saturated rings. The van der Waals surface area contributed by atoms with Gasteiger partial charge in [-0.3, -0.25) is 14.4 Å². The molecule has 188 valence electrons. The third kappa shape index (κ3) is 4.55. The SMILES string of the molecule is Cn1cc(-c2cnc3[nH]cc(-c4nnc(N(CC(=O)N5CCCCC5)c5ccccc5Cl)o4)c3c2)cn1. The van der Waals surface area contributed by atoms with Crippen molar-refractivity contribution in [3.63, 3.8) is 0 Å². The van der Waals surface area contributed by atoms with Gasteiger partial charge in [0.2, 0.25) is 5.91 Å². The average Bonchev–Trinajstić information content (AvgIpc) is 3.67. The molecule has 1 saturated heterocycles. The van der Waals surface area contributed by atoms with E-state index in [-0.39, 0.29) is 18.5 Å². The molecule has 4 aromatic heterocycles. The standard InChI is InChI=1S/C26H25ClN8O2/c1-33-15-18(13-30-33)17-11-19-20(14-29-24(19)28-12-17)25-31-32-26(37-25)35(22-8-4-3-7-21(22)27)16-23(36)34-9-5-2-6-10-34/h3-4,7-8,11-15H,2,5-6,9-10,16H2,1H3,(H,28,29). The lowest BCUT2D eigenvalue weighted by Gasteiger charge is -2.29. The number of nitrogens with one attached hydrogen (secondary N) is 1. The maximum Gasteiger partial charge on any atom is 0.323 e. The number of piperidine rings is 1. The van der Waals surface area contributed by atoms with Crippen LogP contribution in [0.4, 0.5) is 11.7 Å². The summed E-state index contributed by atoms with van der Waals surface area (Å²) in [7, 11) is 1.87. The smallest absolute Gasteiger partial charge is 0.323 e. The second kappa shape index (κ2) is 9.70. The Bertz CT molecular complexity index is 1570. The Morgan fingerprint density at radius 3 is 2.76 bits per heavy atom. The summed E-state index contributed by atoms with van der Waals surface area (Å²) in [5.74, 6) is 0.311. The van der Waals surface area contributed by atoms with Gasteiger partial charge in [0, 0.05) is 55.2 Å². The van der Waals surface area contributed by atoms with E-state index in [1.165, 1.54) is 0 Å². The molecule has 0 radical (unpaired) electrons. The van der Waals surface area contributed by atoms with Crippen LogP contribution in [0.5, 0.6) is 0 Å². The van der Waals surface area contributed by atoms with Crippen molar-refractivity contribution in [3.8, 4) is 22.6 Å². The van der Waals surface area contributed by atoms with Gasteiger partial charge >= 0.3 is 6.01 Å². The fraction of sp³-hybridized carbons (Fsp3) is 0.269. The van der Waals surface area contributed by atoms with Gasteiger partial charge in [0.05, 0.1) is 22.5 Å². The lowest BCUT2D eigenvalue weighted by molar-refractivity contribution is -0.130. The fourth-order valence-corrected chi connectivity index (χ4v) is 4.88. The highest BCUT2D eigenvalue weighted by Crippen LogP contribution is 2.35. The minimum absolute atomic E-state index is 0.00298. The molecule has 11 heteroatoms. The first-order chi connectivity index (χ1) is 18.1. The number of fused-ring (bicyclic) bond motifs is 1. The number of likely N-dealkylation sites (tertiary alicyclic amines) is 1. The molecule has 1 aromatic carbocycles. The molecule has 0 bridgehead atoms. The molecule has 1 N–H and O–H groups in total. The van der Waals surface area contributed by atoms with E-state index >= 15 is 0 Å². The fourth-order valence-electron chi connectivity index (χ4n) is 4.65. The van der Waals surface area contributed by atoms with Crippen molar-refractivity contribution >= 4 is 40.2 Å². The van der Waals surface area contributed by atoms with Gasteiger partial charge in [0.25, 0.3) is 5.89 Å². The van der Waals surface area contributed by atoms with Crippen LogP contribution >= 0.6 is 11.6 Å². The molecule has 5 aromatic rings. The van der Waals surface area contributed by atoms with Crippen molar-refractivity contribution in [1.29, 1.82) is 0 Å². The minimum Gasteiger partial charge on any atom is -0.403 e. The summed E-state index contributed by atoms with van der Waals surface area (Å²) in [4.78, 5) is 24.5. The highest BCUT2D eigenvalue weighted by atomic mass is 35.5. The Balaban J connectivity index is 1.36. The molecule has 0 unspecified atom stereocenters. The summed E-state index contributed by atoms with van der Waals surface area (Å²) >= 11 is 6.52. The van der Waals surface area contributed by atoms with Crippen LogP contribution in [-0.4, -0.2) is 60.4 Å². The average molecular weight is 517 g/mol. The predicted molar refractivity (Wildman–Crippen MR) is 140 cm³/mol. The van der Waals surface area contributed by atoms with Crippen LogP contribution < -0.4 is 4.90 Å². The second-order valence-corrected chi connectivity index (χ2v) is 9.50. The van der Waals surface area contributed by atoms with Crippen molar-refractivity contribution in [2.75, 3.05) is 24.5 Å². The number of aryl methyl sites for hydroxylation is 1. The first-order valence-corrected chi connectivity index (χ1v) is 12.5. The second-order valence-electron chi connectivity index (χ2n) is 9.09. The molecule has 1 amide bonds. The Morgan fingerprint density at radius 2 is 1.97 bits per heavy atom. The van der Waals surface area contributed by atoms with Gasteiger partial charge in [-0.05, 0) is 37.5 Å². The highest BCUT2D eigenvalue weighted by Gasteiger charge is 2.26. The van der Waals surface area contributed by atoms with E-state index in [1.54, 1.807) is 34.2 Å². The van der Waals surface area contributed by atoms with Gasteiger partial charge in [-0.1, -0.05) is 28.8 Å². The van der Waals surface area contributed by atoms with E-state index in [0.29, 0.717) is 27.8 Å². The third-order valence-electron chi connectivity index (χ3n) is 6.59. The van der Waals surface area contributed by atoms with E-state index in [4.69, 9.17) is 16.0 Å². The van der Waals surface area contributed by atoms with E-state index in [2.05, 4.69) is 25.3 Å². The summed E-state index contributed by atoms with van der Waals surface area (Å²) in [6.07, 6.45) is 10.5. The Kier molecular flexibility index (Phi) is 6.09. The Labute approximate surface area is 217 Å². The number of carbonyl (C=O) groups is 1. The number of amides is 1. The van der Waals surface area contributed by atoms with Crippen LogP contribution in [0.1, 0.15) is 19.3 Å². The quantitative estimate of drug-likeness (QED) is 0.344. The molecule has 0 spiro atoms. The number of benzene rings is 1. The largest absolute Gasteiger partial charge is 0.403 e. The molecular weight excluding hydrogens is 492 g/mol. The summed E-state index contributed by atoms with van der Waals surface area (Å²) < 4.78 is 7.90. The number of halogens is 1. The summed E-state index contributed by atoms with van der Waals surface area (Å²) in [6.45, 7) is 1.56. The Hall–Kier alpha value is -4.18. The molecule has 1 aliphatic heterocycles. The molecular formula is C26H25ClN8O2. The molecule has 0 saturated carbocycles. The summed E-state index contributed by atoms with van der Waals surface area (Å²) in [5.41, 5.74) is 3.92. The number of H-pyrrole nitrogens is 1. The number of rotatable bonds is 6. The van der Waals surface area contributed by atoms with Crippen molar-refractivity contribution in [3.05, 3.63) is 60.1 Å².